The van der Waals surface area contributed by atoms with E-state index < -0.39 is 0 Å². The highest BCUT2D eigenvalue weighted by atomic mass is 19.1. The quantitative estimate of drug-likeness (QED) is 0.747. The first kappa shape index (κ1) is 8.51. The van der Waals surface area contributed by atoms with Gasteiger partial charge in [-0.05, 0) is 30.2 Å². The summed E-state index contributed by atoms with van der Waals surface area (Å²) >= 11 is 0. The standard InChI is InChI=1S/C10H13FN2/c11-9-4-8(7-12)5-10(6-9)13-2-1-3-13/h4-6H,1-3,7,12H2. The van der Waals surface area contributed by atoms with Gasteiger partial charge in [0.05, 0.1) is 0 Å². The van der Waals surface area contributed by atoms with E-state index >= 15 is 0 Å². The number of benzene rings is 1. The third-order valence-corrected chi connectivity index (χ3v) is 2.40. The van der Waals surface area contributed by atoms with Gasteiger partial charge in [0, 0.05) is 25.3 Å². The maximum Gasteiger partial charge on any atom is 0.125 e. The summed E-state index contributed by atoms with van der Waals surface area (Å²) in [7, 11) is 0. The van der Waals surface area contributed by atoms with E-state index in [1.165, 1.54) is 12.5 Å². The van der Waals surface area contributed by atoms with Crippen molar-refractivity contribution in [1.29, 1.82) is 0 Å². The molecule has 13 heavy (non-hydrogen) atoms. The second-order valence-corrected chi connectivity index (χ2v) is 3.36. The molecule has 3 heteroatoms. The van der Waals surface area contributed by atoms with Gasteiger partial charge in [0.25, 0.3) is 0 Å². The first-order chi connectivity index (χ1) is 6.29. The molecular formula is C10H13FN2. The van der Waals surface area contributed by atoms with Gasteiger partial charge in [-0.1, -0.05) is 0 Å². The number of nitrogens with zero attached hydrogens (tertiary/aromatic N) is 1. The van der Waals surface area contributed by atoms with Gasteiger partial charge in [0.15, 0.2) is 0 Å². The maximum absolute atomic E-state index is 13.1. The molecule has 1 aliphatic rings. The Labute approximate surface area is 77.2 Å². The van der Waals surface area contributed by atoms with Crippen LogP contribution in [0.5, 0.6) is 0 Å². The monoisotopic (exact) mass is 180 g/mol. The third-order valence-electron chi connectivity index (χ3n) is 2.40. The molecule has 1 heterocycles. The minimum Gasteiger partial charge on any atom is -0.371 e. The first-order valence-corrected chi connectivity index (χ1v) is 4.54. The zero-order chi connectivity index (χ0) is 9.26. The summed E-state index contributed by atoms with van der Waals surface area (Å²) in [4.78, 5) is 2.15. The molecule has 0 amide bonds. The van der Waals surface area contributed by atoms with Gasteiger partial charge in [-0.3, -0.25) is 0 Å². The van der Waals surface area contributed by atoms with Crippen LogP contribution in [0.25, 0.3) is 0 Å². The lowest BCUT2D eigenvalue weighted by Gasteiger charge is -2.33. The van der Waals surface area contributed by atoms with Crippen LogP contribution in [-0.2, 0) is 6.54 Å². The lowest BCUT2D eigenvalue weighted by molar-refractivity contribution is 0.601. The minimum atomic E-state index is -0.190. The van der Waals surface area contributed by atoms with Crippen LogP contribution < -0.4 is 10.6 Å². The summed E-state index contributed by atoms with van der Waals surface area (Å²) in [6, 6.07) is 5.02. The average Bonchev–Trinajstić information content (AvgIpc) is 2.00. The van der Waals surface area contributed by atoms with E-state index in [0.29, 0.717) is 6.54 Å². The largest absolute Gasteiger partial charge is 0.371 e. The van der Waals surface area contributed by atoms with Crippen molar-refractivity contribution >= 4 is 5.69 Å². The van der Waals surface area contributed by atoms with Crippen LogP contribution in [0.15, 0.2) is 18.2 Å². The van der Waals surface area contributed by atoms with Crippen molar-refractivity contribution in [2.75, 3.05) is 18.0 Å². The van der Waals surface area contributed by atoms with Crippen molar-refractivity contribution in [3.63, 3.8) is 0 Å². The van der Waals surface area contributed by atoms with Crippen molar-refractivity contribution in [1.82, 2.24) is 0 Å². The number of halogens is 1. The third kappa shape index (κ3) is 1.65. The van der Waals surface area contributed by atoms with Crippen LogP contribution in [-0.4, -0.2) is 13.1 Å². The molecule has 1 aliphatic heterocycles. The zero-order valence-corrected chi connectivity index (χ0v) is 7.46. The second-order valence-electron chi connectivity index (χ2n) is 3.36. The lowest BCUT2D eigenvalue weighted by atomic mass is 10.1. The van der Waals surface area contributed by atoms with E-state index in [-0.39, 0.29) is 5.82 Å². The molecule has 0 bridgehead atoms. The average molecular weight is 180 g/mol. The predicted molar refractivity (Wildman–Crippen MR) is 51.1 cm³/mol. The van der Waals surface area contributed by atoms with E-state index in [9.17, 15) is 4.39 Å². The topological polar surface area (TPSA) is 29.3 Å². The Hall–Kier alpha value is -1.09. The molecule has 0 atom stereocenters. The molecule has 0 spiro atoms. The Bertz CT molecular complexity index is 308. The highest BCUT2D eigenvalue weighted by Crippen LogP contribution is 2.22. The smallest absolute Gasteiger partial charge is 0.125 e. The van der Waals surface area contributed by atoms with Gasteiger partial charge in [-0.25, -0.2) is 4.39 Å². The number of hydrogen-bond donors (Lipinski definition) is 1. The lowest BCUT2D eigenvalue weighted by Crippen LogP contribution is -2.37. The maximum atomic E-state index is 13.1. The SMILES string of the molecule is NCc1cc(F)cc(N2CCC2)c1. The van der Waals surface area contributed by atoms with Crippen LogP contribution in [0, 0.1) is 5.82 Å². The Balaban J connectivity index is 2.28. The molecular weight excluding hydrogens is 167 g/mol. The van der Waals surface area contributed by atoms with Crippen molar-refractivity contribution in [2.24, 2.45) is 5.73 Å². The summed E-state index contributed by atoms with van der Waals surface area (Å²) in [5.41, 5.74) is 7.29. The number of hydrogen-bond acceptors (Lipinski definition) is 2. The highest BCUT2D eigenvalue weighted by molar-refractivity contribution is 5.50. The Morgan fingerprint density at radius 3 is 2.62 bits per heavy atom. The first-order valence-electron chi connectivity index (χ1n) is 4.54. The summed E-state index contributed by atoms with van der Waals surface area (Å²) < 4.78 is 13.1. The normalized spacial score (nSPS) is 15.7. The van der Waals surface area contributed by atoms with Crippen molar-refractivity contribution < 1.29 is 4.39 Å². The van der Waals surface area contributed by atoms with E-state index in [1.807, 2.05) is 6.07 Å². The van der Waals surface area contributed by atoms with Crippen LogP contribution in [0.4, 0.5) is 10.1 Å². The molecule has 0 saturated carbocycles. The summed E-state index contributed by atoms with van der Waals surface area (Å²) in [5, 5.41) is 0. The van der Waals surface area contributed by atoms with Crippen molar-refractivity contribution in [3.8, 4) is 0 Å². The Kier molecular flexibility index (Phi) is 2.19. The molecule has 2 N–H and O–H groups in total. The minimum absolute atomic E-state index is 0.190. The van der Waals surface area contributed by atoms with Crippen molar-refractivity contribution in [3.05, 3.63) is 29.6 Å². The summed E-state index contributed by atoms with van der Waals surface area (Å²) in [5.74, 6) is -0.190. The van der Waals surface area contributed by atoms with E-state index in [2.05, 4.69) is 4.90 Å². The molecule has 1 fully saturated rings. The fraction of sp³-hybridized carbons (Fsp3) is 0.400. The number of anilines is 1. The summed E-state index contributed by atoms with van der Waals surface area (Å²) in [6.45, 7) is 2.47. The molecule has 70 valence electrons. The molecule has 0 aliphatic carbocycles. The highest BCUT2D eigenvalue weighted by Gasteiger charge is 2.15. The molecule has 0 aromatic heterocycles. The number of nitrogens with two attached hydrogens (primary N) is 1. The van der Waals surface area contributed by atoms with Crippen LogP contribution >= 0.6 is 0 Å². The number of rotatable bonds is 2. The van der Waals surface area contributed by atoms with Crippen molar-refractivity contribution in [2.45, 2.75) is 13.0 Å². The van der Waals surface area contributed by atoms with Gasteiger partial charge >= 0.3 is 0 Å². The molecule has 0 radical (unpaired) electrons. The van der Waals surface area contributed by atoms with Crippen LogP contribution in [0.1, 0.15) is 12.0 Å². The molecule has 2 rings (SSSR count). The molecule has 1 saturated heterocycles. The fourth-order valence-corrected chi connectivity index (χ4v) is 1.51. The second kappa shape index (κ2) is 3.34. The Morgan fingerprint density at radius 1 is 1.31 bits per heavy atom. The molecule has 1 aromatic rings. The van der Waals surface area contributed by atoms with Gasteiger partial charge in [-0.15, -0.1) is 0 Å². The van der Waals surface area contributed by atoms with Crippen LogP contribution in [0.3, 0.4) is 0 Å². The van der Waals surface area contributed by atoms with E-state index in [4.69, 9.17) is 5.73 Å². The summed E-state index contributed by atoms with van der Waals surface area (Å²) in [6.07, 6.45) is 1.20. The fourth-order valence-electron chi connectivity index (χ4n) is 1.51. The van der Waals surface area contributed by atoms with Gasteiger partial charge in [0.2, 0.25) is 0 Å². The van der Waals surface area contributed by atoms with E-state index in [0.717, 1.165) is 24.3 Å². The zero-order valence-electron chi connectivity index (χ0n) is 7.46. The van der Waals surface area contributed by atoms with Gasteiger partial charge in [-0.2, -0.15) is 0 Å². The Morgan fingerprint density at radius 2 is 2.08 bits per heavy atom. The molecule has 1 aromatic carbocycles. The predicted octanol–water partition coefficient (Wildman–Crippen LogP) is 1.49. The molecule has 2 nitrogen and oxygen atoms in total. The van der Waals surface area contributed by atoms with Gasteiger partial charge in [0.1, 0.15) is 5.82 Å². The van der Waals surface area contributed by atoms with Crippen LogP contribution in [0.2, 0.25) is 0 Å². The van der Waals surface area contributed by atoms with Gasteiger partial charge < -0.3 is 10.6 Å². The van der Waals surface area contributed by atoms with E-state index in [1.54, 1.807) is 6.07 Å². The molecule has 0 unspecified atom stereocenters.